The highest BCUT2D eigenvalue weighted by atomic mass is 16.1. The molecule has 84 valence electrons. The van der Waals surface area contributed by atoms with Crippen LogP contribution in [0.1, 0.15) is 31.3 Å². The Hall–Kier alpha value is -1.45. The molecule has 4 heteroatoms. The molecule has 0 spiro atoms. The Bertz CT molecular complexity index is 360. The first-order valence-corrected chi connectivity index (χ1v) is 4.99. The second-order valence-corrected chi connectivity index (χ2v) is 5.01. The van der Waals surface area contributed by atoms with Gasteiger partial charge in [0.1, 0.15) is 5.69 Å². The Morgan fingerprint density at radius 3 is 2.53 bits per heavy atom. The number of aromatic nitrogens is 1. The minimum absolute atomic E-state index is 0.0795. The molecular weight excluding hydrogens is 190 g/mol. The van der Waals surface area contributed by atoms with E-state index in [2.05, 4.69) is 26.1 Å². The summed E-state index contributed by atoms with van der Waals surface area (Å²) < 4.78 is 1.73. The molecule has 1 amide bonds. The number of hydrogen-bond donors (Lipinski definition) is 2. The number of hydrogen-bond acceptors (Lipinski definition) is 2. The second kappa shape index (κ2) is 3.96. The molecule has 0 unspecified atom stereocenters. The van der Waals surface area contributed by atoms with Crippen molar-refractivity contribution in [1.29, 1.82) is 0 Å². The van der Waals surface area contributed by atoms with Gasteiger partial charge in [-0.1, -0.05) is 20.8 Å². The minimum atomic E-state index is -0.0795. The lowest BCUT2D eigenvalue weighted by atomic mass is 9.97. The maximum absolute atomic E-state index is 11.7. The topological polar surface area (TPSA) is 60.0 Å². The largest absolute Gasteiger partial charge is 0.397 e. The number of aryl methyl sites for hydroxylation is 1. The molecule has 0 aromatic carbocycles. The Balaban J connectivity index is 2.66. The van der Waals surface area contributed by atoms with Crippen LogP contribution < -0.4 is 11.1 Å². The molecule has 0 bridgehead atoms. The molecule has 1 rings (SSSR count). The molecule has 1 aromatic rings. The van der Waals surface area contributed by atoms with Crippen molar-refractivity contribution in [2.45, 2.75) is 20.8 Å². The van der Waals surface area contributed by atoms with Gasteiger partial charge in [0, 0.05) is 19.8 Å². The molecule has 1 heterocycles. The molecular formula is C11H19N3O. The van der Waals surface area contributed by atoms with Crippen LogP contribution in [0.25, 0.3) is 0 Å². The lowest BCUT2D eigenvalue weighted by Gasteiger charge is -2.18. The SMILES string of the molecule is Cn1cc(N)cc1C(=O)NCC(C)(C)C. The minimum Gasteiger partial charge on any atom is -0.397 e. The third kappa shape index (κ3) is 3.31. The molecule has 0 aliphatic heterocycles. The first-order chi connectivity index (χ1) is 6.79. The van der Waals surface area contributed by atoms with Crippen molar-refractivity contribution in [3.63, 3.8) is 0 Å². The zero-order chi connectivity index (χ0) is 11.6. The molecule has 3 N–H and O–H groups in total. The van der Waals surface area contributed by atoms with Crippen LogP contribution in [0.5, 0.6) is 0 Å². The van der Waals surface area contributed by atoms with Gasteiger partial charge >= 0.3 is 0 Å². The maximum atomic E-state index is 11.7. The molecule has 0 radical (unpaired) electrons. The first-order valence-electron chi connectivity index (χ1n) is 4.99. The summed E-state index contributed by atoms with van der Waals surface area (Å²) in [5.74, 6) is -0.0795. The lowest BCUT2D eigenvalue weighted by Crippen LogP contribution is -2.33. The predicted octanol–water partition coefficient (Wildman–Crippen LogP) is 1.38. The predicted molar refractivity (Wildman–Crippen MR) is 61.6 cm³/mol. The van der Waals surface area contributed by atoms with E-state index in [1.807, 2.05) is 7.05 Å². The summed E-state index contributed by atoms with van der Waals surface area (Å²) in [6, 6.07) is 1.68. The van der Waals surface area contributed by atoms with Gasteiger partial charge < -0.3 is 15.6 Å². The Kier molecular flexibility index (Phi) is 3.07. The Labute approximate surface area is 90.5 Å². The van der Waals surface area contributed by atoms with Crippen LogP contribution in [0.4, 0.5) is 5.69 Å². The molecule has 4 nitrogen and oxygen atoms in total. The number of nitrogen functional groups attached to an aromatic ring is 1. The van der Waals surface area contributed by atoms with Gasteiger partial charge in [0.25, 0.3) is 5.91 Å². The number of nitrogens with zero attached hydrogens (tertiary/aromatic N) is 1. The molecule has 0 aliphatic rings. The average molecular weight is 209 g/mol. The van der Waals surface area contributed by atoms with Crippen LogP contribution in [0, 0.1) is 5.41 Å². The summed E-state index contributed by atoms with van der Waals surface area (Å²) in [4.78, 5) is 11.7. The van der Waals surface area contributed by atoms with Crippen molar-refractivity contribution in [3.05, 3.63) is 18.0 Å². The van der Waals surface area contributed by atoms with Crippen molar-refractivity contribution < 1.29 is 4.79 Å². The van der Waals surface area contributed by atoms with Gasteiger partial charge in [0.15, 0.2) is 0 Å². The van der Waals surface area contributed by atoms with Crippen LogP contribution >= 0.6 is 0 Å². The molecule has 0 saturated heterocycles. The molecule has 0 aliphatic carbocycles. The van der Waals surface area contributed by atoms with E-state index in [1.54, 1.807) is 16.8 Å². The van der Waals surface area contributed by atoms with Crippen molar-refractivity contribution in [1.82, 2.24) is 9.88 Å². The van der Waals surface area contributed by atoms with Crippen molar-refractivity contribution >= 4 is 11.6 Å². The van der Waals surface area contributed by atoms with Crippen LogP contribution in [0.15, 0.2) is 12.3 Å². The van der Waals surface area contributed by atoms with Crippen molar-refractivity contribution in [3.8, 4) is 0 Å². The summed E-state index contributed by atoms with van der Waals surface area (Å²) in [7, 11) is 1.81. The van der Waals surface area contributed by atoms with Crippen LogP contribution in [-0.2, 0) is 7.05 Å². The van der Waals surface area contributed by atoms with E-state index < -0.39 is 0 Å². The van der Waals surface area contributed by atoms with E-state index in [0.717, 1.165) is 0 Å². The number of carbonyl (C=O) groups excluding carboxylic acids is 1. The summed E-state index contributed by atoms with van der Waals surface area (Å²) in [6.45, 7) is 6.88. The number of nitrogens with two attached hydrogens (primary N) is 1. The fourth-order valence-electron chi connectivity index (χ4n) is 1.25. The van der Waals surface area contributed by atoms with Gasteiger partial charge in [-0.05, 0) is 11.5 Å². The van der Waals surface area contributed by atoms with E-state index in [9.17, 15) is 4.79 Å². The zero-order valence-corrected chi connectivity index (χ0v) is 9.79. The number of anilines is 1. The number of amides is 1. The second-order valence-electron chi connectivity index (χ2n) is 5.01. The summed E-state index contributed by atoms with van der Waals surface area (Å²) in [5, 5.41) is 2.88. The van der Waals surface area contributed by atoms with Gasteiger partial charge in [-0.3, -0.25) is 4.79 Å². The van der Waals surface area contributed by atoms with E-state index >= 15 is 0 Å². The van der Waals surface area contributed by atoms with Gasteiger partial charge in [0.2, 0.25) is 0 Å². The fourth-order valence-corrected chi connectivity index (χ4v) is 1.25. The molecule has 15 heavy (non-hydrogen) atoms. The van der Waals surface area contributed by atoms with E-state index in [-0.39, 0.29) is 11.3 Å². The number of carbonyl (C=O) groups is 1. The monoisotopic (exact) mass is 209 g/mol. The third-order valence-corrected chi connectivity index (χ3v) is 2.04. The standard InChI is InChI=1S/C11H19N3O/c1-11(2,3)7-13-10(15)9-5-8(12)6-14(9)4/h5-6H,7,12H2,1-4H3,(H,13,15). The van der Waals surface area contributed by atoms with Crippen molar-refractivity contribution in [2.24, 2.45) is 12.5 Å². The van der Waals surface area contributed by atoms with Gasteiger partial charge in [-0.2, -0.15) is 0 Å². The van der Waals surface area contributed by atoms with Crippen LogP contribution in [0.3, 0.4) is 0 Å². The average Bonchev–Trinajstić information content (AvgIpc) is 2.40. The van der Waals surface area contributed by atoms with E-state index in [4.69, 9.17) is 5.73 Å². The van der Waals surface area contributed by atoms with E-state index in [1.165, 1.54) is 0 Å². The van der Waals surface area contributed by atoms with Gasteiger partial charge in [0.05, 0.1) is 5.69 Å². The highest BCUT2D eigenvalue weighted by Crippen LogP contribution is 2.12. The summed E-state index contributed by atoms with van der Waals surface area (Å²) in [6.07, 6.45) is 1.73. The first kappa shape index (κ1) is 11.6. The highest BCUT2D eigenvalue weighted by molar-refractivity contribution is 5.93. The lowest BCUT2D eigenvalue weighted by molar-refractivity contribution is 0.0931. The van der Waals surface area contributed by atoms with Gasteiger partial charge in [-0.25, -0.2) is 0 Å². The normalized spacial score (nSPS) is 11.5. The third-order valence-electron chi connectivity index (χ3n) is 2.04. The smallest absolute Gasteiger partial charge is 0.267 e. The zero-order valence-electron chi connectivity index (χ0n) is 9.79. The number of rotatable bonds is 2. The molecule has 1 aromatic heterocycles. The van der Waals surface area contributed by atoms with Crippen molar-refractivity contribution in [2.75, 3.05) is 12.3 Å². The fraction of sp³-hybridized carbons (Fsp3) is 0.545. The highest BCUT2D eigenvalue weighted by Gasteiger charge is 2.15. The van der Waals surface area contributed by atoms with Crippen LogP contribution in [0.2, 0.25) is 0 Å². The van der Waals surface area contributed by atoms with Crippen LogP contribution in [-0.4, -0.2) is 17.0 Å². The molecule has 0 atom stereocenters. The molecule has 0 saturated carbocycles. The summed E-state index contributed by atoms with van der Waals surface area (Å²) in [5.41, 5.74) is 6.89. The number of nitrogens with one attached hydrogen (secondary N) is 1. The van der Waals surface area contributed by atoms with Gasteiger partial charge in [-0.15, -0.1) is 0 Å². The molecule has 0 fully saturated rings. The quantitative estimate of drug-likeness (QED) is 0.773. The summed E-state index contributed by atoms with van der Waals surface area (Å²) >= 11 is 0. The Morgan fingerprint density at radius 1 is 1.53 bits per heavy atom. The van der Waals surface area contributed by atoms with E-state index in [0.29, 0.717) is 17.9 Å². The maximum Gasteiger partial charge on any atom is 0.267 e. The Morgan fingerprint density at radius 2 is 2.13 bits per heavy atom.